The minimum Gasteiger partial charge on any atom is -0.466 e. The Morgan fingerprint density at radius 3 is 2.12 bits per heavy atom. The van der Waals surface area contributed by atoms with Crippen LogP contribution in [0.5, 0.6) is 0 Å². The highest BCUT2D eigenvalue weighted by Gasteiger charge is 2.38. The molecule has 0 saturated heterocycles. The van der Waals surface area contributed by atoms with Gasteiger partial charge in [0.2, 0.25) is 0 Å². The zero-order valence-electron chi connectivity index (χ0n) is 11.2. The third-order valence-electron chi connectivity index (χ3n) is 3.24. The normalized spacial score (nSPS) is 13.9. The van der Waals surface area contributed by atoms with Gasteiger partial charge in [-0.25, -0.2) is 0 Å². The van der Waals surface area contributed by atoms with Crippen LogP contribution in [0.2, 0.25) is 0 Å². The molecule has 0 bridgehead atoms. The molecule has 0 fully saturated rings. The number of carbonyl (C=O) groups excluding carboxylic acids is 1. The van der Waals surface area contributed by atoms with Crippen molar-refractivity contribution in [1.82, 2.24) is 4.90 Å². The first-order chi connectivity index (χ1) is 7.45. The van der Waals surface area contributed by atoms with E-state index in [0.717, 1.165) is 13.1 Å². The first kappa shape index (κ1) is 15.4. The third-order valence-corrected chi connectivity index (χ3v) is 3.24. The predicted octanol–water partition coefficient (Wildman–Crippen LogP) is 1.24. The Balaban J connectivity index is 4.83. The van der Waals surface area contributed by atoms with Crippen LogP contribution in [0.3, 0.4) is 0 Å². The number of rotatable bonds is 7. The molecule has 0 aliphatic rings. The Labute approximate surface area is 99.1 Å². The van der Waals surface area contributed by atoms with Crippen LogP contribution in [-0.4, -0.2) is 42.6 Å². The molecule has 0 unspecified atom stereocenters. The SMILES string of the molecule is CCOC(=O)[C@@H](CN)C(C)(C)N(CC)CC. The van der Waals surface area contributed by atoms with E-state index in [1.807, 2.05) is 6.92 Å². The average molecular weight is 230 g/mol. The lowest BCUT2D eigenvalue weighted by Crippen LogP contribution is -2.54. The van der Waals surface area contributed by atoms with Gasteiger partial charge in [0, 0.05) is 12.1 Å². The van der Waals surface area contributed by atoms with Crippen LogP contribution in [0, 0.1) is 5.92 Å². The number of hydrogen-bond donors (Lipinski definition) is 1. The molecule has 0 heterocycles. The number of nitrogens with two attached hydrogens (primary N) is 1. The van der Waals surface area contributed by atoms with Gasteiger partial charge < -0.3 is 10.5 Å². The number of esters is 1. The van der Waals surface area contributed by atoms with E-state index in [0.29, 0.717) is 13.2 Å². The Morgan fingerprint density at radius 1 is 1.31 bits per heavy atom. The summed E-state index contributed by atoms with van der Waals surface area (Å²) in [5.74, 6) is -0.464. The smallest absolute Gasteiger partial charge is 0.312 e. The molecule has 0 rings (SSSR count). The molecule has 16 heavy (non-hydrogen) atoms. The van der Waals surface area contributed by atoms with Crippen LogP contribution in [0.4, 0.5) is 0 Å². The molecule has 2 N–H and O–H groups in total. The van der Waals surface area contributed by atoms with Gasteiger partial charge in [-0.1, -0.05) is 13.8 Å². The maximum Gasteiger partial charge on any atom is 0.312 e. The quantitative estimate of drug-likeness (QED) is 0.669. The van der Waals surface area contributed by atoms with E-state index in [-0.39, 0.29) is 17.4 Å². The van der Waals surface area contributed by atoms with Crippen LogP contribution in [0.1, 0.15) is 34.6 Å². The van der Waals surface area contributed by atoms with Crippen molar-refractivity contribution < 1.29 is 9.53 Å². The third kappa shape index (κ3) is 3.46. The van der Waals surface area contributed by atoms with Crippen molar-refractivity contribution in [2.45, 2.75) is 40.2 Å². The Hall–Kier alpha value is -0.610. The second kappa shape index (κ2) is 6.86. The largest absolute Gasteiger partial charge is 0.466 e. The molecule has 0 aromatic heterocycles. The minimum atomic E-state index is -0.271. The lowest BCUT2D eigenvalue weighted by atomic mass is 9.85. The lowest BCUT2D eigenvalue weighted by Gasteiger charge is -2.41. The van der Waals surface area contributed by atoms with Gasteiger partial charge in [0.1, 0.15) is 0 Å². The zero-order valence-corrected chi connectivity index (χ0v) is 11.2. The van der Waals surface area contributed by atoms with Crippen LogP contribution in [0.25, 0.3) is 0 Å². The molecule has 96 valence electrons. The second-order valence-corrected chi connectivity index (χ2v) is 4.37. The monoisotopic (exact) mass is 230 g/mol. The summed E-state index contributed by atoms with van der Waals surface area (Å²) < 4.78 is 5.07. The second-order valence-electron chi connectivity index (χ2n) is 4.37. The topological polar surface area (TPSA) is 55.6 Å². The van der Waals surface area contributed by atoms with E-state index < -0.39 is 0 Å². The van der Waals surface area contributed by atoms with Crippen molar-refractivity contribution in [3.05, 3.63) is 0 Å². The van der Waals surface area contributed by atoms with E-state index in [1.165, 1.54) is 0 Å². The molecule has 0 radical (unpaired) electrons. The van der Waals surface area contributed by atoms with Gasteiger partial charge in [-0.3, -0.25) is 9.69 Å². The van der Waals surface area contributed by atoms with E-state index >= 15 is 0 Å². The molecule has 0 aliphatic carbocycles. The average Bonchev–Trinajstić information content (AvgIpc) is 2.19. The predicted molar refractivity (Wildman–Crippen MR) is 66.2 cm³/mol. The summed E-state index contributed by atoms with van der Waals surface area (Å²) in [6, 6.07) is 0. The highest BCUT2D eigenvalue weighted by molar-refractivity contribution is 5.74. The molecule has 0 aromatic carbocycles. The van der Waals surface area contributed by atoms with Gasteiger partial charge in [0.15, 0.2) is 0 Å². The van der Waals surface area contributed by atoms with Crippen LogP contribution in [0.15, 0.2) is 0 Å². The summed E-state index contributed by atoms with van der Waals surface area (Å²) in [6.07, 6.45) is 0. The van der Waals surface area contributed by atoms with E-state index in [9.17, 15) is 4.79 Å². The fraction of sp³-hybridized carbons (Fsp3) is 0.917. The van der Waals surface area contributed by atoms with E-state index in [4.69, 9.17) is 10.5 Å². The van der Waals surface area contributed by atoms with Crippen LogP contribution >= 0.6 is 0 Å². The summed E-state index contributed by atoms with van der Waals surface area (Å²) in [5, 5.41) is 0. The molecule has 4 nitrogen and oxygen atoms in total. The van der Waals surface area contributed by atoms with Crippen LogP contribution in [-0.2, 0) is 9.53 Å². The summed E-state index contributed by atoms with van der Waals surface area (Å²) in [5.41, 5.74) is 5.45. The molecule has 0 spiro atoms. The van der Waals surface area contributed by atoms with Gasteiger partial charge in [0.05, 0.1) is 12.5 Å². The van der Waals surface area contributed by atoms with Gasteiger partial charge in [-0.15, -0.1) is 0 Å². The lowest BCUT2D eigenvalue weighted by molar-refractivity contribution is -0.152. The highest BCUT2D eigenvalue weighted by atomic mass is 16.5. The summed E-state index contributed by atoms with van der Waals surface area (Å²) in [7, 11) is 0. The number of hydrogen-bond acceptors (Lipinski definition) is 4. The number of ether oxygens (including phenoxy) is 1. The molecule has 0 saturated carbocycles. The standard InChI is InChI=1S/C12H26N2O2/c1-6-14(7-2)12(4,5)10(9-13)11(15)16-8-3/h10H,6-9,13H2,1-5H3/t10-/m1/s1. The van der Waals surface area contributed by atoms with Gasteiger partial charge >= 0.3 is 5.97 Å². The van der Waals surface area contributed by atoms with Crippen molar-refractivity contribution in [1.29, 1.82) is 0 Å². The van der Waals surface area contributed by atoms with Crippen LogP contribution < -0.4 is 5.73 Å². The fourth-order valence-corrected chi connectivity index (χ4v) is 2.17. The number of nitrogens with zero attached hydrogens (tertiary/aromatic N) is 1. The molecular formula is C12H26N2O2. The van der Waals surface area contributed by atoms with Gasteiger partial charge in [-0.05, 0) is 33.9 Å². The molecule has 0 aliphatic heterocycles. The van der Waals surface area contributed by atoms with Gasteiger partial charge in [-0.2, -0.15) is 0 Å². The van der Waals surface area contributed by atoms with E-state index in [1.54, 1.807) is 0 Å². The fourth-order valence-electron chi connectivity index (χ4n) is 2.17. The van der Waals surface area contributed by atoms with Crippen molar-refractivity contribution in [3.63, 3.8) is 0 Å². The molecule has 0 aromatic rings. The zero-order chi connectivity index (χ0) is 12.8. The first-order valence-electron chi connectivity index (χ1n) is 6.07. The molecule has 4 heteroatoms. The van der Waals surface area contributed by atoms with Crippen molar-refractivity contribution in [2.75, 3.05) is 26.2 Å². The summed E-state index contributed by atoms with van der Waals surface area (Å²) >= 11 is 0. The summed E-state index contributed by atoms with van der Waals surface area (Å²) in [4.78, 5) is 14.1. The van der Waals surface area contributed by atoms with Crippen molar-refractivity contribution >= 4 is 5.97 Å². The van der Waals surface area contributed by atoms with E-state index in [2.05, 4.69) is 32.6 Å². The van der Waals surface area contributed by atoms with Crippen molar-refractivity contribution in [2.24, 2.45) is 11.7 Å². The Morgan fingerprint density at radius 2 is 1.81 bits per heavy atom. The maximum absolute atomic E-state index is 11.8. The minimum absolute atomic E-state index is 0.193. The van der Waals surface area contributed by atoms with Crippen molar-refractivity contribution in [3.8, 4) is 0 Å². The molecule has 1 atom stereocenters. The first-order valence-corrected chi connectivity index (χ1v) is 6.07. The molecule has 0 amide bonds. The molecular weight excluding hydrogens is 204 g/mol. The Kier molecular flexibility index (Phi) is 6.60. The Bertz CT molecular complexity index is 213. The summed E-state index contributed by atoms with van der Waals surface area (Å²) in [6.45, 7) is 12.6. The number of carbonyl (C=O) groups is 1. The van der Waals surface area contributed by atoms with Gasteiger partial charge in [0.25, 0.3) is 0 Å². The highest BCUT2D eigenvalue weighted by Crippen LogP contribution is 2.24. The maximum atomic E-state index is 11.8.